The van der Waals surface area contributed by atoms with E-state index in [9.17, 15) is 10.4 Å². The molecule has 0 aliphatic carbocycles. The monoisotopic (exact) mass is 441 g/mol. The molecule has 1 aromatic heterocycles. The minimum Gasteiger partial charge on any atom is -0.403 e. The van der Waals surface area contributed by atoms with Crippen molar-refractivity contribution in [2.75, 3.05) is 23.3 Å². The second kappa shape index (κ2) is 8.69. The molecule has 164 valence electrons. The summed E-state index contributed by atoms with van der Waals surface area (Å²) in [6.07, 6.45) is 4.44. The van der Waals surface area contributed by atoms with Gasteiger partial charge in [-0.15, -0.1) is 0 Å². The molecule has 1 saturated heterocycles. The van der Waals surface area contributed by atoms with Gasteiger partial charge in [-0.05, 0) is 52.7 Å². The third-order valence-corrected chi connectivity index (χ3v) is 5.66. The van der Waals surface area contributed by atoms with Gasteiger partial charge in [0.2, 0.25) is 5.95 Å². The summed E-state index contributed by atoms with van der Waals surface area (Å²) < 4.78 is 0. The lowest BCUT2D eigenvalue weighted by Crippen LogP contribution is -2.42. The van der Waals surface area contributed by atoms with Crippen LogP contribution in [0.15, 0.2) is 35.2 Å². The van der Waals surface area contributed by atoms with Gasteiger partial charge in [0.25, 0.3) is 0 Å². The number of nitrogens with one attached hydrogen (secondary N) is 1. The number of benzene rings is 1. The number of nitrogens with two attached hydrogens (primary N) is 1. The third-order valence-electron chi connectivity index (χ3n) is 5.35. The molecular weight excluding hydrogens is 414 g/mol. The summed E-state index contributed by atoms with van der Waals surface area (Å²) in [4.78, 5) is 15.5. The van der Waals surface area contributed by atoms with Crippen molar-refractivity contribution in [1.29, 1.82) is 5.26 Å². The number of hydrogen-bond acceptors (Lipinski definition) is 8. The van der Waals surface area contributed by atoms with E-state index in [1.165, 1.54) is 6.20 Å². The molecule has 0 unspecified atom stereocenters. The first-order chi connectivity index (χ1) is 14.5. The van der Waals surface area contributed by atoms with Gasteiger partial charge in [0, 0.05) is 30.9 Å². The molecule has 1 aliphatic heterocycles. The highest BCUT2D eigenvalue weighted by molar-refractivity contribution is 6.34. The topological polar surface area (TPSA) is 123 Å². The largest absolute Gasteiger partial charge is 0.403 e. The number of fused-ring (bicyclic) bond motifs is 1. The Bertz CT molecular complexity index is 1080. The lowest BCUT2D eigenvalue weighted by Gasteiger charge is -2.37. The number of nitrogens with zero attached hydrogens (tertiary/aromatic N) is 5. The number of aliphatic imine (C=N–C) groups is 1. The number of aromatic nitrogens is 2. The summed E-state index contributed by atoms with van der Waals surface area (Å²) in [5.41, 5.74) is 6.99. The molecule has 9 heteroatoms. The molecule has 1 fully saturated rings. The number of piperidine rings is 1. The second-order valence-corrected chi connectivity index (χ2v) is 9.02. The first-order valence-corrected chi connectivity index (χ1v) is 10.5. The minimum absolute atomic E-state index is 0.364. The lowest BCUT2D eigenvalue weighted by atomic mass is 9.93. The van der Waals surface area contributed by atoms with Crippen molar-refractivity contribution in [2.45, 2.75) is 51.7 Å². The van der Waals surface area contributed by atoms with E-state index in [4.69, 9.17) is 17.3 Å². The number of halogens is 1. The van der Waals surface area contributed by atoms with Crippen molar-refractivity contribution in [3.63, 3.8) is 0 Å². The van der Waals surface area contributed by atoms with Gasteiger partial charge < -0.3 is 21.1 Å². The SMILES string of the molecule is CC(=NC(C)(C)C#N)/C(=C\N)Nc1ncc2cc(Cl)c(N3CCC(C)(O)CC3)cc2n1. The predicted octanol–water partition coefficient (Wildman–Crippen LogP) is 3.61. The van der Waals surface area contributed by atoms with Crippen LogP contribution in [0.5, 0.6) is 0 Å². The summed E-state index contributed by atoms with van der Waals surface area (Å²) in [5.74, 6) is 0.364. The fourth-order valence-electron chi connectivity index (χ4n) is 3.45. The normalized spacial score (nSPS) is 17.5. The van der Waals surface area contributed by atoms with Crippen LogP contribution < -0.4 is 16.0 Å². The smallest absolute Gasteiger partial charge is 0.227 e. The summed E-state index contributed by atoms with van der Waals surface area (Å²) in [6.45, 7) is 8.53. The summed E-state index contributed by atoms with van der Waals surface area (Å²) in [7, 11) is 0. The van der Waals surface area contributed by atoms with E-state index < -0.39 is 11.1 Å². The Morgan fingerprint density at radius 3 is 2.71 bits per heavy atom. The fraction of sp³-hybridized carbons (Fsp3) is 0.455. The molecule has 1 aliphatic rings. The van der Waals surface area contributed by atoms with Crippen LogP contribution in [0, 0.1) is 11.3 Å². The molecule has 4 N–H and O–H groups in total. The van der Waals surface area contributed by atoms with Gasteiger partial charge in [0.15, 0.2) is 0 Å². The summed E-state index contributed by atoms with van der Waals surface area (Å²) in [6, 6.07) is 5.93. The number of rotatable bonds is 5. The van der Waals surface area contributed by atoms with Crippen LogP contribution in [0.3, 0.4) is 0 Å². The maximum absolute atomic E-state index is 10.2. The lowest BCUT2D eigenvalue weighted by molar-refractivity contribution is 0.0351. The van der Waals surface area contributed by atoms with Crippen LogP contribution >= 0.6 is 11.6 Å². The zero-order valence-electron chi connectivity index (χ0n) is 18.3. The molecule has 0 amide bonds. The highest BCUT2D eigenvalue weighted by atomic mass is 35.5. The van der Waals surface area contributed by atoms with Gasteiger partial charge >= 0.3 is 0 Å². The molecule has 31 heavy (non-hydrogen) atoms. The van der Waals surface area contributed by atoms with E-state index in [1.54, 1.807) is 27.0 Å². The molecule has 0 saturated carbocycles. The maximum Gasteiger partial charge on any atom is 0.227 e. The maximum atomic E-state index is 10.2. The highest BCUT2D eigenvalue weighted by Gasteiger charge is 2.28. The Hall–Kier alpha value is -2.89. The van der Waals surface area contributed by atoms with Crippen LogP contribution in [0.25, 0.3) is 10.9 Å². The van der Waals surface area contributed by atoms with Gasteiger partial charge in [0.1, 0.15) is 5.54 Å². The van der Waals surface area contributed by atoms with Crippen molar-refractivity contribution in [1.82, 2.24) is 9.97 Å². The van der Waals surface area contributed by atoms with Gasteiger partial charge in [-0.2, -0.15) is 5.26 Å². The van der Waals surface area contributed by atoms with E-state index in [2.05, 4.69) is 31.2 Å². The Labute approximate surface area is 187 Å². The van der Waals surface area contributed by atoms with Crippen molar-refractivity contribution in [3.8, 4) is 6.07 Å². The Morgan fingerprint density at radius 2 is 2.10 bits per heavy atom. The average Bonchev–Trinajstić information content (AvgIpc) is 2.71. The van der Waals surface area contributed by atoms with E-state index >= 15 is 0 Å². The third kappa shape index (κ3) is 5.43. The molecule has 1 aromatic carbocycles. The Balaban J connectivity index is 1.88. The van der Waals surface area contributed by atoms with Crippen molar-refractivity contribution < 1.29 is 5.11 Å². The molecular formula is C22H28ClN7O. The van der Waals surface area contributed by atoms with Gasteiger partial charge in [-0.3, -0.25) is 4.99 Å². The first kappa shape index (κ1) is 22.8. The van der Waals surface area contributed by atoms with Crippen LogP contribution in [0.2, 0.25) is 5.02 Å². The molecule has 2 heterocycles. The summed E-state index contributed by atoms with van der Waals surface area (Å²) >= 11 is 6.53. The first-order valence-electron chi connectivity index (χ1n) is 10.1. The standard InChI is InChI=1S/C22H28ClN7O/c1-14(29-21(2,3)13-25)18(11-24)28-20-26-12-15-9-16(23)19(10-17(15)27-20)30-7-5-22(4,31)6-8-30/h9-12,31H,5-8,24H2,1-4H3,(H,26,27,28)/b18-11+,29-14?. The highest BCUT2D eigenvalue weighted by Crippen LogP contribution is 2.34. The summed E-state index contributed by atoms with van der Waals surface area (Å²) in [5, 5.41) is 24.0. The number of hydrogen-bond donors (Lipinski definition) is 3. The number of aliphatic hydroxyl groups is 1. The number of nitriles is 1. The quantitative estimate of drug-likeness (QED) is 0.605. The van der Waals surface area contributed by atoms with Gasteiger partial charge in [-0.25, -0.2) is 9.97 Å². The Morgan fingerprint density at radius 1 is 1.42 bits per heavy atom. The molecule has 0 spiro atoms. The Kier molecular flexibility index (Phi) is 6.39. The van der Waals surface area contributed by atoms with Crippen molar-refractivity contribution in [2.24, 2.45) is 10.7 Å². The molecule has 0 bridgehead atoms. The van der Waals surface area contributed by atoms with E-state index in [0.717, 1.165) is 29.7 Å². The van der Waals surface area contributed by atoms with Crippen LogP contribution in [0.4, 0.5) is 11.6 Å². The predicted molar refractivity (Wildman–Crippen MR) is 125 cm³/mol. The second-order valence-electron chi connectivity index (χ2n) is 8.61. The minimum atomic E-state index is -0.866. The van der Waals surface area contributed by atoms with E-state index in [0.29, 0.717) is 35.2 Å². The van der Waals surface area contributed by atoms with E-state index in [-0.39, 0.29) is 0 Å². The zero-order chi connectivity index (χ0) is 22.8. The molecule has 8 nitrogen and oxygen atoms in total. The molecule has 2 aromatic rings. The van der Waals surface area contributed by atoms with Crippen molar-refractivity contribution in [3.05, 3.63) is 35.2 Å². The number of anilines is 2. The van der Waals surface area contributed by atoms with Crippen LogP contribution in [-0.4, -0.2) is 45.0 Å². The van der Waals surface area contributed by atoms with Crippen LogP contribution in [0.1, 0.15) is 40.5 Å². The average molecular weight is 442 g/mol. The molecule has 3 rings (SSSR count). The molecule has 0 atom stereocenters. The zero-order valence-corrected chi connectivity index (χ0v) is 19.0. The molecule has 0 radical (unpaired) electrons. The van der Waals surface area contributed by atoms with Crippen molar-refractivity contribution >= 4 is 39.9 Å². The number of allylic oxidation sites excluding steroid dienone is 1. The fourth-order valence-corrected chi connectivity index (χ4v) is 3.74. The van der Waals surface area contributed by atoms with Gasteiger partial charge in [0.05, 0.1) is 39.3 Å². The van der Waals surface area contributed by atoms with Crippen LogP contribution in [-0.2, 0) is 0 Å². The van der Waals surface area contributed by atoms with E-state index in [1.807, 2.05) is 19.1 Å². The van der Waals surface area contributed by atoms with Gasteiger partial charge in [-0.1, -0.05) is 11.6 Å².